The Morgan fingerprint density at radius 1 is 1.41 bits per heavy atom. The van der Waals surface area contributed by atoms with Gasteiger partial charge in [0.05, 0.1) is 18.1 Å². The third-order valence-corrected chi connectivity index (χ3v) is 6.63. The van der Waals surface area contributed by atoms with Crippen LogP contribution in [0.25, 0.3) is 0 Å². The van der Waals surface area contributed by atoms with E-state index < -0.39 is 36.4 Å². The molecule has 1 N–H and O–H groups in total. The fraction of sp³-hybridized carbons (Fsp3) is 0.706. The Morgan fingerprint density at radius 3 is 2.78 bits per heavy atom. The number of nitrogens with zero attached hydrogens (tertiary/aromatic N) is 1. The van der Waals surface area contributed by atoms with Crippen LogP contribution in [0.3, 0.4) is 0 Å². The quantitative estimate of drug-likeness (QED) is 0.529. The van der Waals surface area contributed by atoms with Gasteiger partial charge < -0.3 is 24.1 Å². The van der Waals surface area contributed by atoms with Gasteiger partial charge >= 0.3 is 12.1 Å². The number of esters is 1. The largest absolute Gasteiger partial charge is 0.509 e. The molecule has 0 aromatic heterocycles. The number of amides is 1. The number of hydrogen-bond donors (Lipinski definition) is 1. The van der Waals surface area contributed by atoms with E-state index in [-0.39, 0.29) is 29.7 Å². The molecule has 4 rings (SSSR count). The molecule has 0 spiro atoms. The summed E-state index contributed by atoms with van der Waals surface area (Å²) in [5.41, 5.74) is 0.177. The summed E-state index contributed by atoms with van der Waals surface area (Å²) in [5, 5.41) is 9.55. The first-order valence-corrected chi connectivity index (χ1v) is 9.84. The van der Waals surface area contributed by atoms with E-state index in [1.54, 1.807) is 13.8 Å². The van der Waals surface area contributed by atoms with Crippen LogP contribution in [-0.4, -0.2) is 71.0 Å². The normalized spacial score (nSPS) is 36.3. The van der Waals surface area contributed by atoms with Crippen molar-refractivity contribution < 1.29 is 38.4 Å². The smallest absolute Gasteiger partial charge is 0.457 e. The van der Waals surface area contributed by atoms with Gasteiger partial charge in [0.15, 0.2) is 6.10 Å². The van der Waals surface area contributed by atoms with Gasteiger partial charge in [-0.3, -0.25) is 9.69 Å². The highest BCUT2D eigenvalue weighted by Gasteiger charge is 2.59. The number of aliphatic hydroxyl groups is 1. The number of cyclic esters (lactones) is 2. The van der Waals surface area contributed by atoms with Gasteiger partial charge in [0.2, 0.25) is 5.91 Å². The van der Waals surface area contributed by atoms with Gasteiger partial charge in [-0.1, -0.05) is 11.8 Å². The fourth-order valence-electron chi connectivity index (χ4n) is 3.68. The Morgan fingerprint density at radius 2 is 2.19 bits per heavy atom. The van der Waals surface area contributed by atoms with Crippen molar-refractivity contribution in [3.8, 4) is 0 Å². The molecular weight excluding hydrogens is 378 g/mol. The van der Waals surface area contributed by atoms with Gasteiger partial charge in [-0.05, 0) is 26.7 Å². The van der Waals surface area contributed by atoms with Crippen molar-refractivity contribution in [2.45, 2.75) is 56.5 Å². The molecule has 3 saturated heterocycles. The summed E-state index contributed by atoms with van der Waals surface area (Å²) in [4.78, 5) is 38.5. The third kappa shape index (κ3) is 3.09. The standard InChI is InChI=1S/C17H21NO8S/c1-7(19)11-14(20)18-12(13(27-15(11)18)9-4-3-5-23-9)16(21)24-6-10-8(2)25-17(22)26-10/h7-11,15,19H,3-6H2,1-2H3/t7-,8-,9-,10-,11+,15-/m1/s1. The molecule has 6 atom stereocenters. The monoisotopic (exact) mass is 399 g/mol. The van der Waals surface area contributed by atoms with Gasteiger partial charge in [0.1, 0.15) is 23.8 Å². The van der Waals surface area contributed by atoms with Crippen molar-refractivity contribution in [2.24, 2.45) is 5.92 Å². The second kappa shape index (κ2) is 6.99. The summed E-state index contributed by atoms with van der Waals surface area (Å²) in [7, 11) is 0. The molecule has 0 aliphatic carbocycles. The van der Waals surface area contributed by atoms with Crippen molar-refractivity contribution in [1.29, 1.82) is 0 Å². The maximum atomic E-state index is 12.8. The molecule has 0 radical (unpaired) electrons. The molecular formula is C17H21NO8S. The Kier molecular flexibility index (Phi) is 4.81. The molecule has 9 nitrogen and oxygen atoms in total. The average Bonchev–Trinajstić information content (AvgIpc) is 3.29. The van der Waals surface area contributed by atoms with E-state index in [2.05, 4.69) is 0 Å². The first-order chi connectivity index (χ1) is 12.9. The Labute approximate surface area is 159 Å². The number of aliphatic hydroxyl groups excluding tert-OH is 1. The number of carbonyl (C=O) groups excluding carboxylic acids is 3. The minimum absolute atomic E-state index is 0.161. The highest BCUT2D eigenvalue weighted by Crippen LogP contribution is 2.52. The predicted molar refractivity (Wildman–Crippen MR) is 91.2 cm³/mol. The van der Waals surface area contributed by atoms with Crippen LogP contribution in [0, 0.1) is 5.92 Å². The zero-order valence-electron chi connectivity index (χ0n) is 15.0. The van der Waals surface area contributed by atoms with E-state index in [4.69, 9.17) is 18.9 Å². The van der Waals surface area contributed by atoms with E-state index >= 15 is 0 Å². The van der Waals surface area contributed by atoms with Crippen LogP contribution in [-0.2, 0) is 28.5 Å². The minimum Gasteiger partial charge on any atom is -0.457 e. The number of fused-ring (bicyclic) bond motifs is 1. The lowest BCUT2D eigenvalue weighted by Gasteiger charge is -2.43. The Hall–Kier alpha value is -1.78. The molecule has 4 aliphatic heterocycles. The summed E-state index contributed by atoms with van der Waals surface area (Å²) >= 11 is 1.38. The van der Waals surface area contributed by atoms with Crippen LogP contribution >= 0.6 is 11.8 Å². The number of rotatable bonds is 5. The van der Waals surface area contributed by atoms with Crippen molar-refractivity contribution >= 4 is 29.8 Å². The second-order valence-corrected chi connectivity index (χ2v) is 8.18. The van der Waals surface area contributed by atoms with Gasteiger partial charge in [0, 0.05) is 11.5 Å². The van der Waals surface area contributed by atoms with Gasteiger partial charge in [-0.15, -0.1) is 0 Å². The molecule has 27 heavy (non-hydrogen) atoms. The zero-order valence-corrected chi connectivity index (χ0v) is 15.8. The van der Waals surface area contributed by atoms with E-state index in [1.807, 2.05) is 0 Å². The van der Waals surface area contributed by atoms with Crippen LogP contribution in [0.1, 0.15) is 26.7 Å². The first-order valence-electron chi connectivity index (χ1n) is 8.96. The minimum atomic E-state index is -0.803. The lowest BCUT2D eigenvalue weighted by molar-refractivity contribution is -0.159. The molecule has 0 aromatic carbocycles. The molecule has 4 aliphatic rings. The topological polar surface area (TPSA) is 112 Å². The number of ether oxygens (including phenoxy) is 4. The van der Waals surface area contributed by atoms with Crippen molar-refractivity contribution in [1.82, 2.24) is 4.90 Å². The molecule has 0 saturated carbocycles. The summed E-state index contributed by atoms with van der Waals surface area (Å²) in [6.45, 7) is 3.65. The molecule has 1 amide bonds. The molecule has 4 heterocycles. The number of β-lactam (4-membered cyclic amide) rings is 1. The number of hydrogen-bond acceptors (Lipinski definition) is 9. The molecule has 0 unspecified atom stereocenters. The molecule has 148 valence electrons. The molecule has 10 heteroatoms. The summed E-state index contributed by atoms with van der Waals surface area (Å²) in [6, 6.07) is 0. The lowest BCUT2D eigenvalue weighted by Crippen LogP contribution is -2.60. The van der Waals surface area contributed by atoms with Crippen LogP contribution < -0.4 is 0 Å². The maximum Gasteiger partial charge on any atom is 0.509 e. The van der Waals surface area contributed by atoms with Gasteiger partial charge in [-0.2, -0.15) is 0 Å². The van der Waals surface area contributed by atoms with Crippen molar-refractivity contribution in [3.63, 3.8) is 0 Å². The number of thioether (sulfide) groups is 1. The van der Waals surface area contributed by atoms with E-state index in [0.717, 1.165) is 12.8 Å². The maximum absolute atomic E-state index is 12.8. The Bertz CT molecular complexity index is 701. The van der Waals surface area contributed by atoms with Crippen molar-refractivity contribution in [2.75, 3.05) is 13.2 Å². The number of carbonyl (C=O) groups is 3. The molecule has 0 bridgehead atoms. The van der Waals surface area contributed by atoms with E-state index in [9.17, 15) is 19.5 Å². The zero-order chi connectivity index (χ0) is 19.3. The van der Waals surface area contributed by atoms with Crippen LogP contribution in [0.4, 0.5) is 4.79 Å². The van der Waals surface area contributed by atoms with E-state index in [1.165, 1.54) is 16.7 Å². The first kappa shape index (κ1) is 18.6. The predicted octanol–water partition coefficient (Wildman–Crippen LogP) is 0.756. The van der Waals surface area contributed by atoms with Crippen LogP contribution in [0.5, 0.6) is 0 Å². The lowest BCUT2D eigenvalue weighted by atomic mass is 9.92. The van der Waals surface area contributed by atoms with Gasteiger partial charge in [0.25, 0.3) is 0 Å². The highest BCUT2D eigenvalue weighted by molar-refractivity contribution is 8.04. The summed E-state index contributed by atoms with van der Waals surface area (Å²) in [5.74, 6) is -1.52. The van der Waals surface area contributed by atoms with E-state index in [0.29, 0.717) is 11.5 Å². The molecule has 0 aromatic rings. The summed E-state index contributed by atoms with van der Waals surface area (Å²) < 4.78 is 20.8. The highest BCUT2D eigenvalue weighted by atomic mass is 32.2. The Balaban J connectivity index is 1.51. The SMILES string of the molecule is C[C@@H](O)[C@H]1C(=O)N2C(C(=O)OC[C@H]3OC(=O)O[C@@H]3C)=C([C@H]3CCCO3)S[C@H]12. The van der Waals surface area contributed by atoms with Gasteiger partial charge in [-0.25, -0.2) is 9.59 Å². The van der Waals surface area contributed by atoms with Crippen molar-refractivity contribution in [3.05, 3.63) is 10.6 Å². The third-order valence-electron chi connectivity index (χ3n) is 5.17. The average molecular weight is 399 g/mol. The van der Waals surface area contributed by atoms with Crippen LogP contribution in [0.2, 0.25) is 0 Å². The second-order valence-electron chi connectivity index (χ2n) is 7.03. The fourth-order valence-corrected chi connectivity index (χ4v) is 5.38. The summed E-state index contributed by atoms with van der Waals surface area (Å²) in [6.07, 6.45) is -1.42. The van der Waals surface area contributed by atoms with Crippen LogP contribution in [0.15, 0.2) is 10.6 Å². The molecule has 3 fully saturated rings.